The lowest BCUT2D eigenvalue weighted by atomic mass is 9.93. The van der Waals surface area contributed by atoms with Gasteiger partial charge in [-0.05, 0) is 63.0 Å². The smallest absolute Gasteiger partial charge is 0.311 e. The molecule has 1 fully saturated rings. The van der Waals surface area contributed by atoms with Crippen LogP contribution in [0.25, 0.3) is 0 Å². The molecule has 0 aliphatic carbocycles. The number of ether oxygens (including phenoxy) is 5. The summed E-state index contributed by atoms with van der Waals surface area (Å²) in [7, 11) is -0.349. The normalized spacial score (nSPS) is 22.1. The summed E-state index contributed by atoms with van der Waals surface area (Å²) >= 11 is 0. The zero-order valence-corrected chi connectivity index (χ0v) is 26.7. The van der Waals surface area contributed by atoms with Gasteiger partial charge in [0.25, 0.3) is 0 Å². The number of hydrogen-bond acceptors (Lipinski definition) is 7. The van der Waals surface area contributed by atoms with E-state index in [4.69, 9.17) is 28.1 Å². The SMILES string of the molecule is COc1ccc([C@H]2OC[C@](COC(=O)C(C)(C)C)(OCc3ccccc3)[C@@H](CCO[Si](C)(C)C(C)(C)C)O2)cc1. The van der Waals surface area contributed by atoms with Crippen molar-refractivity contribution in [2.45, 2.75) is 90.7 Å². The van der Waals surface area contributed by atoms with Gasteiger partial charge in [0.15, 0.2) is 20.2 Å². The molecule has 7 nitrogen and oxygen atoms in total. The summed E-state index contributed by atoms with van der Waals surface area (Å²) in [5.41, 5.74) is 0.220. The monoisotopic (exact) mass is 572 g/mol. The number of rotatable bonds is 11. The standard InChI is InChI=1S/C32H48O7Si/c1-30(2,3)29(33)36-23-32(37-21-24-13-11-10-12-14-24)22-35-28(25-15-17-26(34-7)18-16-25)39-27(32)19-20-38-40(8,9)31(4,5)6/h10-18,27-28H,19-23H2,1-9H3/t27-,28+,32-/m1/s1. The maximum atomic E-state index is 12.8. The molecule has 3 rings (SSSR count). The summed E-state index contributed by atoms with van der Waals surface area (Å²) in [5, 5.41) is 0.0816. The van der Waals surface area contributed by atoms with Gasteiger partial charge >= 0.3 is 5.97 Å². The number of hydrogen-bond donors (Lipinski definition) is 0. The highest BCUT2D eigenvalue weighted by molar-refractivity contribution is 6.74. The van der Waals surface area contributed by atoms with Gasteiger partial charge in [0.05, 0.1) is 31.8 Å². The van der Waals surface area contributed by atoms with E-state index < -0.39 is 31.7 Å². The first kappa shape index (κ1) is 32.3. The van der Waals surface area contributed by atoms with Crippen molar-refractivity contribution in [2.75, 3.05) is 26.9 Å². The number of benzene rings is 2. The lowest BCUT2D eigenvalue weighted by Gasteiger charge is -2.46. The molecule has 0 saturated carbocycles. The molecule has 3 atom stereocenters. The molecule has 0 aromatic heterocycles. The van der Waals surface area contributed by atoms with Crippen molar-refractivity contribution in [2.24, 2.45) is 5.41 Å². The minimum absolute atomic E-state index is 0.00995. The van der Waals surface area contributed by atoms with Crippen molar-refractivity contribution >= 4 is 14.3 Å². The molecule has 0 bridgehead atoms. The van der Waals surface area contributed by atoms with Gasteiger partial charge in [0.1, 0.15) is 12.4 Å². The second-order valence-corrected chi connectivity index (χ2v) is 17.9. The Balaban J connectivity index is 1.89. The molecule has 0 spiro atoms. The molecule has 0 amide bonds. The Hall–Kier alpha value is -2.23. The maximum Gasteiger partial charge on any atom is 0.311 e. The molecule has 0 unspecified atom stereocenters. The van der Waals surface area contributed by atoms with E-state index >= 15 is 0 Å². The minimum atomic E-state index is -1.99. The Kier molecular flexibility index (Phi) is 10.6. The molecule has 222 valence electrons. The van der Waals surface area contributed by atoms with Crippen LogP contribution in [0.4, 0.5) is 0 Å². The third-order valence-corrected chi connectivity index (χ3v) is 12.4. The van der Waals surface area contributed by atoms with Crippen molar-refractivity contribution in [3.8, 4) is 5.75 Å². The molecule has 0 radical (unpaired) electrons. The van der Waals surface area contributed by atoms with Crippen LogP contribution in [0.3, 0.4) is 0 Å². The lowest BCUT2D eigenvalue weighted by Crippen LogP contribution is -2.58. The lowest BCUT2D eigenvalue weighted by molar-refractivity contribution is -0.317. The number of esters is 1. The van der Waals surface area contributed by atoms with E-state index in [2.05, 4.69) is 33.9 Å². The van der Waals surface area contributed by atoms with Crippen LogP contribution in [0.1, 0.15) is 65.4 Å². The van der Waals surface area contributed by atoms with Crippen LogP contribution in [-0.2, 0) is 34.8 Å². The van der Waals surface area contributed by atoms with Gasteiger partial charge in [0.2, 0.25) is 0 Å². The van der Waals surface area contributed by atoms with Crippen molar-refractivity contribution in [1.82, 2.24) is 0 Å². The predicted octanol–water partition coefficient (Wildman–Crippen LogP) is 7.07. The second-order valence-electron chi connectivity index (χ2n) is 13.1. The van der Waals surface area contributed by atoms with Gasteiger partial charge < -0.3 is 28.1 Å². The zero-order chi connectivity index (χ0) is 29.6. The van der Waals surface area contributed by atoms with Gasteiger partial charge in [0, 0.05) is 12.2 Å². The van der Waals surface area contributed by atoms with Crippen LogP contribution >= 0.6 is 0 Å². The summed E-state index contributed by atoms with van der Waals surface area (Å²) in [6.45, 7) is 17.7. The maximum absolute atomic E-state index is 12.8. The van der Waals surface area contributed by atoms with E-state index in [1.807, 2.05) is 75.4 Å². The molecule has 2 aromatic carbocycles. The quantitative estimate of drug-likeness (QED) is 0.211. The molecule has 1 aliphatic rings. The van der Waals surface area contributed by atoms with Crippen molar-refractivity contribution in [3.05, 3.63) is 65.7 Å². The Labute approximate surface area is 241 Å². The largest absolute Gasteiger partial charge is 0.497 e. The summed E-state index contributed by atoms with van der Waals surface area (Å²) < 4.78 is 37.2. The van der Waals surface area contributed by atoms with E-state index in [1.54, 1.807) is 7.11 Å². The molecule has 8 heteroatoms. The fourth-order valence-electron chi connectivity index (χ4n) is 4.04. The first-order valence-corrected chi connectivity index (χ1v) is 17.0. The Morgan fingerprint density at radius 2 is 1.65 bits per heavy atom. The molecule has 1 saturated heterocycles. The number of carbonyl (C=O) groups excluding carboxylic acids is 1. The van der Waals surface area contributed by atoms with Crippen LogP contribution in [0, 0.1) is 5.41 Å². The summed E-state index contributed by atoms with van der Waals surface area (Å²) in [6, 6.07) is 17.6. The molecule has 40 heavy (non-hydrogen) atoms. The van der Waals surface area contributed by atoms with E-state index in [1.165, 1.54) is 0 Å². The zero-order valence-electron chi connectivity index (χ0n) is 25.7. The second kappa shape index (κ2) is 13.2. The van der Waals surface area contributed by atoms with Crippen LogP contribution in [0.5, 0.6) is 5.75 Å². The van der Waals surface area contributed by atoms with Crippen LogP contribution in [-0.4, -0.2) is 52.9 Å². The fourth-order valence-corrected chi connectivity index (χ4v) is 5.10. The first-order chi connectivity index (χ1) is 18.7. The number of methoxy groups -OCH3 is 1. The van der Waals surface area contributed by atoms with Gasteiger partial charge in [-0.3, -0.25) is 4.79 Å². The highest BCUT2D eigenvalue weighted by Gasteiger charge is 2.49. The van der Waals surface area contributed by atoms with Gasteiger partial charge in [-0.2, -0.15) is 0 Å². The summed E-state index contributed by atoms with van der Waals surface area (Å²) in [6.07, 6.45) is -0.491. The fraction of sp³-hybridized carbons (Fsp3) is 0.594. The first-order valence-electron chi connectivity index (χ1n) is 14.1. The third-order valence-electron chi connectivity index (χ3n) is 7.82. The van der Waals surface area contributed by atoms with Crippen LogP contribution < -0.4 is 4.74 Å². The van der Waals surface area contributed by atoms with Gasteiger partial charge in [-0.25, -0.2) is 0 Å². The van der Waals surface area contributed by atoms with E-state index in [9.17, 15) is 4.79 Å². The topological polar surface area (TPSA) is 72.5 Å². The van der Waals surface area contributed by atoms with E-state index in [0.717, 1.165) is 16.9 Å². The van der Waals surface area contributed by atoms with E-state index in [-0.39, 0.29) is 24.2 Å². The van der Waals surface area contributed by atoms with Crippen molar-refractivity contribution in [1.29, 1.82) is 0 Å². The molecule has 1 aliphatic heterocycles. The van der Waals surface area contributed by atoms with Crippen LogP contribution in [0.2, 0.25) is 18.1 Å². The van der Waals surface area contributed by atoms with E-state index in [0.29, 0.717) is 19.6 Å². The molecule has 2 aromatic rings. The average molecular weight is 573 g/mol. The molecular weight excluding hydrogens is 524 g/mol. The third kappa shape index (κ3) is 8.39. The summed E-state index contributed by atoms with van der Waals surface area (Å²) in [4.78, 5) is 12.8. The Bertz CT molecular complexity index is 1070. The van der Waals surface area contributed by atoms with Crippen molar-refractivity contribution < 1.29 is 32.9 Å². The minimum Gasteiger partial charge on any atom is -0.497 e. The Morgan fingerprint density at radius 3 is 2.23 bits per heavy atom. The molecule has 1 heterocycles. The predicted molar refractivity (Wildman–Crippen MR) is 159 cm³/mol. The van der Waals surface area contributed by atoms with Crippen LogP contribution in [0.15, 0.2) is 54.6 Å². The average Bonchev–Trinajstić information content (AvgIpc) is 2.90. The number of carbonyl (C=O) groups is 1. The molecule has 0 N–H and O–H groups in total. The van der Waals surface area contributed by atoms with Gasteiger partial charge in [-0.1, -0.05) is 63.2 Å². The summed E-state index contributed by atoms with van der Waals surface area (Å²) in [5.74, 6) is 0.456. The Morgan fingerprint density at radius 1 is 1.00 bits per heavy atom. The highest BCUT2D eigenvalue weighted by atomic mass is 28.4. The van der Waals surface area contributed by atoms with Crippen molar-refractivity contribution in [3.63, 3.8) is 0 Å². The highest BCUT2D eigenvalue weighted by Crippen LogP contribution is 2.39. The molecular formula is C32H48O7Si. The van der Waals surface area contributed by atoms with Gasteiger partial charge in [-0.15, -0.1) is 0 Å².